The first-order valence-electron chi connectivity index (χ1n) is 5.75. The summed E-state index contributed by atoms with van der Waals surface area (Å²) in [5.41, 5.74) is 0.149. The van der Waals surface area contributed by atoms with Gasteiger partial charge in [-0.1, -0.05) is 0 Å². The van der Waals surface area contributed by atoms with Crippen molar-refractivity contribution < 1.29 is 14.3 Å². The lowest BCUT2D eigenvalue weighted by molar-refractivity contribution is 0.0696. The topological polar surface area (TPSA) is 80.0 Å². The van der Waals surface area contributed by atoms with Gasteiger partial charge in [0.1, 0.15) is 12.1 Å². The highest BCUT2D eigenvalue weighted by Gasteiger charge is 2.09. The third kappa shape index (κ3) is 2.87. The Kier molecular flexibility index (Phi) is 3.74. The number of hydrogen-bond acceptors (Lipinski definition) is 4. The number of carbonyl (C=O) groups is 1. The second-order valence-corrected chi connectivity index (χ2v) is 3.89. The van der Waals surface area contributed by atoms with E-state index in [1.54, 1.807) is 6.33 Å². The molecule has 1 aromatic heterocycles. The van der Waals surface area contributed by atoms with Crippen molar-refractivity contribution in [2.45, 2.75) is 20.0 Å². The average molecular weight is 264 g/mol. The van der Waals surface area contributed by atoms with Crippen molar-refractivity contribution in [3.63, 3.8) is 0 Å². The van der Waals surface area contributed by atoms with Gasteiger partial charge in [0.05, 0.1) is 17.8 Å². The minimum absolute atomic E-state index is 0.0835. The number of aromatic carboxylic acids is 1. The van der Waals surface area contributed by atoms with Crippen LogP contribution in [0.15, 0.2) is 24.5 Å². The molecular formula is C12H13FN4O2. The van der Waals surface area contributed by atoms with Crippen LogP contribution in [0.1, 0.15) is 23.1 Å². The summed E-state index contributed by atoms with van der Waals surface area (Å²) < 4.78 is 15.5. The van der Waals surface area contributed by atoms with Crippen molar-refractivity contribution in [1.29, 1.82) is 0 Å². The quantitative estimate of drug-likeness (QED) is 0.860. The van der Waals surface area contributed by atoms with E-state index < -0.39 is 11.8 Å². The van der Waals surface area contributed by atoms with Crippen LogP contribution in [-0.4, -0.2) is 25.8 Å². The van der Waals surface area contributed by atoms with Gasteiger partial charge in [0.25, 0.3) is 0 Å². The van der Waals surface area contributed by atoms with Crippen molar-refractivity contribution in [2.75, 3.05) is 5.32 Å². The van der Waals surface area contributed by atoms with E-state index in [1.165, 1.54) is 12.1 Å². The lowest BCUT2D eigenvalue weighted by atomic mass is 10.2. The fraction of sp³-hybridized carbons (Fsp3) is 0.250. The number of rotatable bonds is 5. The van der Waals surface area contributed by atoms with Crippen molar-refractivity contribution in [3.05, 3.63) is 41.7 Å². The van der Waals surface area contributed by atoms with E-state index in [0.29, 0.717) is 12.4 Å². The fourth-order valence-electron chi connectivity index (χ4n) is 1.65. The van der Waals surface area contributed by atoms with Crippen LogP contribution in [0.4, 0.5) is 10.1 Å². The average Bonchev–Trinajstić information content (AvgIpc) is 2.84. The molecule has 0 saturated heterocycles. The number of nitrogens with one attached hydrogen (secondary N) is 1. The Morgan fingerprint density at radius 2 is 2.32 bits per heavy atom. The molecule has 0 aliphatic rings. The summed E-state index contributed by atoms with van der Waals surface area (Å²) in [4.78, 5) is 10.7. The number of halogens is 1. The fourth-order valence-corrected chi connectivity index (χ4v) is 1.65. The maximum Gasteiger partial charge on any atom is 0.335 e. The Bertz CT molecular complexity index is 597. The van der Waals surface area contributed by atoms with Gasteiger partial charge in [0, 0.05) is 6.54 Å². The summed E-state index contributed by atoms with van der Waals surface area (Å²) in [5.74, 6) is -1.08. The molecule has 0 spiro atoms. The number of anilines is 1. The van der Waals surface area contributed by atoms with Crippen LogP contribution in [0.5, 0.6) is 0 Å². The Labute approximate surface area is 108 Å². The SMILES string of the molecule is CCn1cnnc1CNc1ccc(C(=O)O)cc1F. The third-order valence-corrected chi connectivity index (χ3v) is 2.69. The van der Waals surface area contributed by atoms with Crippen LogP contribution in [-0.2, 0) is 13.1 Å². The molecule has 0 saturated carbocycles. The van der Waals surface area contributed by atoms with Crippen LogP contribution in [0.3, 0.4) is 0 Å². The van der Waals surface area contributed by atoms with Gasteiger partial charge < -0.3 is 15.0 Å². The van der Waals surface area contributed by atoms with Gasteiger partial charge in [0.15, 0.2) is 5.82 Å². The molecule has 0 radical (unpaired) electrons. The van der Waals surface area contributed by atoms with E-state index in [9.17, 15) is 9.18 Å². The van der Waals surface area contributed by atoms with Crippen LogP contribution >= 0.6 is 0 Å². The molecule has 0 aliphatic heterocycles. The number of benzene rings is 1. The number of aromatic nitrogens is 3. The molecule has 0 unspecified atom stereocenters. The van der Waals surface area contributed by atoms with Crippen LogP contribution in [0.2, 0.25) is 0 Å². The van der Waals surface area contributed by atoms with E-state index in [1.807, 2.05) is 11.5 Å². The van der Waals surface area contributed by atoms with Gasteiger partial charge in [-0.25, -0.2) is 9.18 Å². The molecule has 2 rings (SSSR count). The molecule has 2 aromatic rings. The molecular weight excluding hydrogens is 251 g/mol. The summed E-state index contributed by atoms with van der Waals surface area (Å²) in [5, 5.41) is 19.3. The zero-order chi connectivity index (χ0) is 13.8. The van der Waals surface area contributed by atoms with E-state index in [4.69, 9.17) is 5.11 Å². The van der Waals surface area contributed by atoms with E-state index in [2.05, 4.69) is 15.5 Å². The largest absolute Gasteiger partial charge is 0.478 e. The second-order valence-electron chi connectivity index (χ2n) is 3.89. The van der Waals surface area contributed by atoms with Crippen molar-refractivity contribution in [2.24, 2.45) is 0 Å². The second kappa shape index (κ2) is 5.47. The van der Waals surface area contributed by atoms with Crippen molar-refractivity contribution in [3.8, 4) is 0 Å². The molecule has 0 atom stereocenters. The Morgan fingerprint density at radius 3 is 2.95 bits per heavy atom. The van der Waals surface area contributed by atoms with Crippen molar-refractivity contribution >= 4 is 11.7 Å². The summed E-state index contributed by atoms with van der Waals surface area (Å²) in [6.45, 7) is 3.00. The van der Waals surface area contributed by atoms with E-state index >= 15 is 0 Å². The zero-order valence-electron chi connectivity index (χ0n) is 10.3. The smallest absolute Gasteiger partial charge is 0.335 e. The zero-order valence-corrected chi connectivity index (χ0v) is 10.3. The normalized spacial score (nSPS) is 10.4. The van der Waals surface area contributed by atoms with Crippen molar-refractivity contribution in [1.82, 2.24) is 14.8 Å². The van der Waals surface area contributed by atoms with E-state index in [0.717, 1.165) is 12.6 Å². The molecule has 0 amide bonds. The standard InChI is InChI=1S/C12H13FN4O2/c1-2-17-7-15-16-11(17)6-14-10-4-3-8(12(18)19)5-9(10)13/h3-5,7,14H,2,6H2,1H3,(H,18,19). The van der Waals surface area contributed by atoms with Gasteiger partial charge in [-0.2, -0.15) is 0 Å². The van der Waals surface area contributed by atoms with E-state index in [-0.39, 0.29) is 11.3 Å². The molecule has 7 heteroatoms. The monoisotopic (exact) mass is 264 g/mol. The van der Waals surface area contributed by atoms with Gasteiger partial charge in [-0.15, -0.1) is 10.2 Å². The summed E-state index contributed by atoms with van der Waals surface area (Å²) in [6.07, 6.45) is 1.60. The number of hydrogen-bond donors (Lipinski definition) is 2. The van der Waals surface area contributed by atoms with Gasteiger partial charge in [-0.3, -0.25) is 0 Å². The highest BCUT2D eigenvalue weighted by molar-refractivity contribution is 5.88. The Balaban J connectivity index is 2.10. The first-order chi connectivity index (χ1) is 9.11. The maximum absolute atomic E-state index is 13.7. The van der Waals surface area contributed by atoms with Crippen LogP contribution < -0.4 is 5.32 Å². The minimum Gasteiger partial charge on any atom is -0.478 e. The summed E-state index contributed by atoms with van der Waals surface area (Å²) in [7, 11) is 0. The molecule has 2 N–H and O–H groups in total. The summed E-state index contributed by atoms with van der Waals surface area (Å²) >= 11 is 0. The number of nitrogens with zero attached hydrogens (tertiary/aromatic N) is 3. The highest BCUT2D eigenvalue weighted by Crippen LogP contribution is 2.16. The molecule has 1 aromatic carbocycles. The third-order valence-electron chi connectivity index (χ3n) is 2.69. The highest BCUT2D eigenvalue weighted by atomic mass is 19.1. The first kappa shape index (κ1) is 13.0. The molecule has 0 bridgehead atoms. The van der Waals surface area contributed by atoms with Gasteiger partial charge in [0.2, 0.25) is 0 Å². The first-order valence-corrected chi connectivity index (χ1v) is 5.75. The number of carboxylic acids is 1. The maximum atomic E-state index is 13.7. The number of carboxylic acid groups (broad SMARTS) is 1. The number of aryl methyl sites for hydroxylation is 1. The summed E-state index contributed by atoms with van der Waals surface area (Å²) in [6, 6.07) is 3.72. The molecule has 1 heterocycles. The Hall–Kier alpha value is -2.44. The predicted octanol–water partition coefficient (Wildman–Crippen LogP) is 1.75. The van der Waals surface area contributed by atoms with Gasteiger partial charge >= 0.3 is 5.97 Å². The van der Waals surface area contributed by atoms with Gasteiger partial charge in [-0.05, 0) is 25.1 Å². The predicted molar refractivity (Wildman–Crippen MR) is 66.4 cm³/mol. The molecule has 0 aliphatic carbocycles. The van der Waals surface area contributed by atoms with Crippen LogP contribution in [0.25, 0.3) is 0 Å². The molecule has 100 valence electrons. The minimum atomic E-state index is -1.16. The molecule has 6 nitrogen and oxygen atoms in total. The Morgan fingerprint density at radius 1 is 1.53 bits per heavy atom. The lowest BCUT2D eigenvalue weighted by Crippen LogP contribution is -2.09. The van der Waals surface area contributed by atoms with Crippen LogP contribution in [0, 0.1) is 5.82 Å². The molecule has 0 fully saturated rings. The molecule has 19 heavy (non-hydrogen) atoms. The lowest BCUT2D eigenvalue weighted by Gasteiger charge is -2.08.